The van der Waals surface area contributed by atoms with Crippen LogP contribution in [0.25, 0.3) is 0 Å². The van der Waals surface area contributed by atoms with E-state index in [2.05, 4.69) is 35.1 Å². The molecule has 0 saturated heterocycles. The van der Waals surface area contributed by atoms with Gasteiger partial charge in [0, 0.05) is 22.0 Å². The number of carbonyl (C=O) groups is 1. The number of halogens is 2. The van der Waals surface area contributed by atoms with Crippen molar-refractivity contribution in [2.75, 3.05) is 5.88 Å². The Bertz CT molecular complexity index is 420. The number of hydrogen-bond donors (Lipinski definition) is 1. The Morgan fingerprint density at radius 2 is 2.11 bits per heavy atom. The quantitative estimate of drug-likeness (QED) is 0.807. The smallest absolute Gasteiger partial charge is 0.251 e. The van der Waals surface area contributed by atoms with Crippen molar-refractivity contribution in [3.63, 3.8) is 0 Å². The van der Waals surface area contributed by atoms with E-state index in [0.29, 0.717) is 17.4 Å². The van der Waals surface area contributed by atoms with Crippen LogP contribution < -0.4 is 5.32 Å². The number of rotatable bonds is 5. The number of carbonyl (C=O) groups excluding carboxylic acids is 1. The highest BCUT2D eigenvalue weighted by Crippen LogP contribution is 2.17. The average molecular weight is 333 g/mol. The van der Waals surface area contributed by atoms with E-state index >= 15 is 0 Å². The van der Waals surface area contributed by atoms with Crippen molar-refractivity contribution in [2.45, 2.75) is 33.2 Å². The van der Waals surface area contributed by atoms with E-state index in [-0.39, 0.29) is 11.9 Å². The Hall–Kier alpha value is -0.540. The summed E-state index contributed by atoms with van der Waals surface area (Å²) in [6, 6.07) is 5.61. The summed E-state index contributed by atoms with van der Waals surface area (Å²) in [6.07, 6.45) is 0.894. The van der Waals surface area contributed by atoms with Gasteiger partial charge in [0.25, 0.3) is 5.91 Å². The minimum absolute atomic E-state index is 0.0307. The van der Waals surface area contributed by atoms with Gasteiger partial charge in [-0.15, -0.1) is 11.6 Å². The monoisotopic (exact) mass is 331 g/mol. The molecule has 2 nitrogen and oxygen atoms in total. The summed E-state index contributed by atoms with van der Waals surface area (Å²) >= 11 is 9.30. The number of benzene rings is 1. The van der Waals surface area contributed by atoms with E-state index in [1.165, 1.54) is 0 Å². The van der Waals surface area contributed by atoms with Gasteiger partial charge in [-0.2, -0.15) is 0 Å². The van der Waals surface area contributed by atoms with Crippen molar-refractivity contribution in [3.8, 4) is 0 Å². The topological polar surface area (TPSA) is 29.1 Å². The van der Waals surface area contributed by atoms with E-state index in [0.717, 1.165) is 16.5 Å². The molecule has 1 aromatic carbocycles. The third kappa shape index (κ3) is 4.62. The van der Waals surface area contributed by atoms with Crippen LogP contribution >= 0.6 is 27.5 Å². The van der Waals surface area contributed by atoms with Crippen LogP contribution in [0.3, 0.4) is 0 Å². The molecule has 1 atom stereocenters. The fraction of sp³-hybridized carbons (Fsp3) is 0.500. The predicted molar refractivity (Wildman–Crippen MR) is 80.3 cm³/mol. The second-order valence-electron chi connectivity index (χ2n) is 4.92. The molecule has 1 N–H and O–H groups in total. The Labute approximate surface area is 122 Å². The summed E-state index contributed by atoms with van der Waals surface area (Å²) in [7, 11) is 0. The lowest BCUT2D eigenvalue weighted by molar-refractivity contribution is 0.0936. The van der Waals surface area contributed by atoms with E-state index in [1.807, 2.05) is 25.1 Å². The third-order valence-corrected chi connectivity index (χ3v) is 3.96. The van der Waals surface area contributed by atoms with Crippen LogP contribution in [0.5, 0.6) is 0 Å². The van der Waals surface area contributed by atoms with E-state index in [4.69, 9.17) is 11.6 Å². The van der Waals surface area contributed by atoms with Crippen LogP contribution in [0.2, 0.25) is 0 Å². The van der Waals surface area contributed by atoms with Gasteiger partial charge >= 0.3 is 0 Å². The van der Waals surface area contributed by atoms with Crippen molar-refractivity contribution in [1.29, 1.82) is 0 Å². The molecule has 0 aliphatic carbocycles. The first kappa shape index (κ1) is 15.5. The summed E-state index contributed by atoms with van der Waals surface area (Å²) < 4.78 is 1.01. The zero-order valence-electron chi connectivity index (χ0n) is 11.0. The molecule has 0 heterocycles. The average Bonchev–Trinajstić information content (AvgIpc) is 2.31. The molecule has 0 aliphatic heterocycles. The summed E-state index contributed by atoms with van der Waals surface area (Å²) in [5, 5.41) is 2.97. The van der Waals surface area contributed by atoms with Crippen LogP contribution in [-0.2, 0) is 0 Å². The highest BCUT2D eigenvalue weighted by atomic mass is 79.9. The van der Waals surface area contributed by atoms with Gasteiger partial charge in [0.1, 0.15) is 0 Å². The Kier molecular flexibility index (Phi) is 6.16. The summed E-state index contributed by atoms with van der Waals surface area (Å²) in [4.78, 5) is 12.1. The van der Waals surface area contributed by atoms with E-state index in [1.54, 1.807) is 0 Å². The number of alkyl halides is 1. The van der Waals surface area contributed by atoms with Gasteiger partial charge in [-0.05, 0) is 43.0 Å². The Morgan fingerprint density at radius 3 is 2.61 bits per heavy atom. The SMILES string of the molecule is Cc1cc(C(=O)NC(CCl)CC(C)C)ccc1Br. The fourth-order valence-corrected chi connectivity index (χ4v) is 2.23. The largest absolute Gasteiger partial charge is 0.348 e. The maximum atomic E-state index is 12.1. The second-order valence-corrected chi connectivity index (χ2v) is 6.08. The second kappa shape index (κ2) is 7.15. The zero-order valence-corrected chi connectivity index (χ0v) is 13.3. The van der Waals surface area contributed by atoms with Crippen LogP contribution in [0.4, 0.5) is 0 Å². The van der Waals surface area contributed by atoms with Crippen LogP contribution in [0.15, 0.2) is 22.7 Å². The first-order chi connectivity index (χ1) is 8.43. The normalized spacial score (nSPS) is 12.6. The predicted octanol–water partition coefficient (Wildman–Crippen LogP) is 4.14. The molecular formula is C14H19BrClNO. The van der Waals surface area contributed by atoms with E-state index in [9.17, 15) is 4.79 Å². The number of hydrogen-bond acceptors (Lipinski definition) is 1. The van der Waals surface area contributed by atoms with Gasteiger partial charge in [0.2, 0.25) is 0 Å². The minimum Gasteiger partial charge on any atom is -0.348 e. The molecule has 1 unspecified atom stereocenters. The van der Waals surface area contributed by atoms with Gasteiger partial charge in [-0.1, -0.05) is 29.8 Å². The standard InChI is InChI=1S/C14H19BrClNO/c1-9(2)6-12(8-16)17-14(18)11-4-5-13(15)10(3)7-11/h4-5,7,9,12H,6,8H2,1-3H3,(H,17,18). The van der Waals surface area contributed by atoms with Gasteiger partial charge in [0.05, 0.1) is 0 Å². The zero-order chi connectivity index (χ0) is 13.7. The lowest BCUT2D eigenvalue weighted by Crippen LogP contribution is -2.37. The highest BCUT2D eigenvalue weighted by Gasteiger charge is 2.14. The molecule has 0 fully saturated rings. The van der Waals surface area contributed by atoms with E-state index < -0.39 is 0 Å². The summed E-state index contributed by atoms with van der Waals surface area (Å²) in [6.45, 7) is 6.21. The lowest BCUT2D eigenvalue weighted by atomic mass is 10.0. The molecule has 0 saturated carbocycles. The summed E-state index contributed by atoms with van der Waals surface area (Å²) in [5.74, 6) is 0.900. The number of nitrogens with one attached hydrogen (secondary N) is 1. The molecule has 18 heavy (non-hydrogen) atoms. The molecule has 0 bridgehead atoms. The van der Waals surface area contributed by atoms with Crippen molar-refractivity contribution in [1.82, 2.24) is 5.32 Å². The lowest BCUT2D eigenvalue weighted by Gasteiger charge is -2.18. The molecule has 1 aromatic rings. The molecule has 0 spiro atoms. The first-order valence-electron chi connectivity index (χ1n) is 6.07. The first-order valence-corrected chi connectivity index (χ1v) is 7.39. The Morgan fingerprint density at radius 1 is 1.44 bits per heavy atom. The van der Waals surface area contributed by atoms with Gasteiger partial charge in [-0.3, -0.25) is 4.79 Å². The molecule has 0 radical (unpaired) electrons. The molecule has 0 aliphatic rings. The van der Waals surface area contributed by atoms with Crippen molar-refractivity contribution < 1.29 is 4.79 Å². The van der Waals surface area contributed by atoms with Gasteiger partial charge in [0.15, 0.2) is 0 Å². The minimum atomic E-state index is -0.0584. The van der Waals surface area contributed by atoms with Crippen LogP contribution in [0, 0.1) is 12.8 Å². The molecule has 0 aromatic heterocycles. The summed E-state index contributed by atoms with van der Waals surface area (Å²) in [5.41, 5.74) is 1.73. The number of aryl methyl sites for hydroxylation is 1. The number of amides is 1. The highest BCUT2D eigenvalue weighted by molar-refractivity contribution is 9.10. The maximum absolute atomic E-state index is 12.1. The van der Waals surface area contributed by atoms with Crippen molar-refractivity contribution >= 4 is 33.4 Å². The van der Waals surface area contributed by atoms with Crippen molar-refractivity contribution in [2.24, 2.45) is 5.92 Å². The fourth-order valence-electron chi connectivity index (χ4n) is 1.78. The van der Waals surface area contributed by atoms with Gasteiger partial charge in [-0.25, -0.2) is 0 Å². The Balaban J connectivity index is 2.71. The molecule has 4 heteroatoms. The maximum Gasteiger partial charge on any atom is 0.251 e. The molecular weight excluding hydrogens is 314 g/mol. The molecule has 1 rings (SSSR count). The van der Waals surface area contributed by atoms with Crippen LogP contribution in [-0.4, -0.2) is 17.8 Å². The third-order valence-electron chi connectivity index (χ3n) is 2.70. The van der Waals surface area contributed by atoms with Gasteiger partial charge < -0.3 is 5.32 Å². The van der Waals surface area contributed by atoms with Crippen molar-refractivity contribution in [3.05, 3.63) is 33.8 Å². The molecule has 100 valence electrons. The molecule has 1 amide bonds. The van der Waals surface area contributed by atoms with Crippen LogP contribution in [0.1, 0.15) is 36.2 Å².